The van der Waals surface area contributed by atoms with E-state index in [1.807, 2.05) is 6.07 Å². The normalized spacial score (nSPS) is 17.8. The van der Waals surface area contributed by atoms with Crippen LogP contribution in [0.25, 0.3) is 0 Å². The number of nitrogens with zero attached hydrogens (tertiary/aromatic N) is 1. The van der Waals surface area contributed by atoms with Crippen molar-refractivity contribution in [2.45, 2.75) is 24.2 Å². The molecule has 1 heterocycles. The van der Waals surface area contributed by atoms with Crippen LogP contribution in [0.3, 0.4) is 0 Å². The van der Waals surface area contributed by atoms with Crippen molar-refractivity contribution in [2.75, 3.05) is 19.6 Å². The van der Waals surface area contributed by atoms with Crippen LogP contribution in [0.5, 0.6) is 0 Å². The third-order valence-electron chi connectivity index (χ3n) is 4.92. The molecule has 9 heteroatoms. The lowest BCUT2D eigenvalue weighted by atomic mass is 9.99. The van der Waals surface area contributed by atoms with Gasteiger partial charge in [0.15, 0.2) is 0 Å². The average molecular weight is 459 g/mol. The SMILES string of the molecule is O=C(NCCc1ccc(Cl)cc1Cl)C1CCCN(S(=O)(=O)c2ccc(F)cc2)C1. The fourth-order valence-corrected chi connectivity index (χ4v) is 5.35. The average Bonchev–Trinajstić information content (AvgIpc) is 2.70. The van der Waals surface area contributed by atoms with Crippen molar-refractivity contribution in [1.29, 1.82) is 0 Å². The van der Waals surface area contributed by atoms with Gasteiger partial charge in [0.1, 0.15) is 5.82 Å². The summed E-state index contributed by atoms with van der Waals surface area (Å²) in [5, 5.41) is 3.95. The minimum absolute atomic E-state index is 0.0253. The Balaban J connectivity index is 1.58. The number of amides is 1. The van der Waals surface area contributed by atoms with Gasteiger partial charge in [-0.05, 0) is 61.2 Å². The van der Waals surface area contributed by atoms with Crippen LogP contribution >= 0.6 is 23.2 Å². The number of hydrogen-bond donors (Lipinski definition) is 1. The Morgan fingerprint density at radius 3 is 2.59 bits per heavy atom. The molecule has 1 saturated heterocycles. The van der Waals surface area contributed by atoms with Gasteiger partial charge in [0.2, 0.25) is 15.9 Å². The molecule has 29 heavy (non-hydrogen) atoms. The van der Waals surface area contributed by atoms with Crippen LogP contribution in [0.15, 0.2) is 47.4 Å². The zero-order valence-corrected chi connectivity index (χ0v) is 17.9. The lowest BCUT2D eigenvalue weighted by Gasteiger charge is -2.31. The Bertz CT molecular complexity index is 984. The van der Waals surface area contributed by atoms with E-state index in [0.717, 1.165) is 17.7 Å². The molecule has 1 aliphatic rings. The zero-order chi connectivity index (χ0) is 21.0. The Morgan fingerprint density at radius 1 is 1.17 bits per heavy atom. The molecule has 2 aromatic carbocycles. The number of nitrogens with one attached hydrogen (secondary N) is 1. The van der Waals surface area contributed by atoms with Crippen molar-refractivity contribution in [2.24, 2.45) is 5.92 Å². The molecule has 1 amide bonds. The lowest BCUT2D eigenvalue weighted by Crippen LogP contribution is -2.45. The van der Waals surface area contributed by atoms with Crippen LogP contribution < -0.4 is 5.32 Å². The molecular formula is C20H21Cl2FN2O3S. The second kappa shape index (κ2) is 9.43. The Morgan fingerprint density at radius 2 is 1.90 bits per heavy atom. The van der Waals surface area contributed by atoms with Gasteiger partial charge in [0.25, 0.3) is 0 Å². The fourth-order valence-electron chi connectivity index (χ4n) is 3.32. The molecule has 2 aromatic rings. The number of hydrogen-bond acceptors (Lipinski definition) is 3. The number of rotatable bonds is 6. The van der Waals surface area contributed by atoms with Gasteiger partial charge < -0.3 is 5.32 Å². The second-order valence-electron chi connectivity index (χ2n) is 6.93. The largest absolute Gasteiger partial charge is 0.355 e. The molecule has 1 atom stereocenters. The van der Waals surface area contributed by atoms with Gasteiger partial charge >= 0.3 is 0 Å². The summed E-state index contributed by atoms with van der Waals surface area (Å²) < 4.78 is 39.9. The molecule has 5 nitrogen and oxygen atoms in total. The van der Waals surface area contributed by atoms with E-state index < -0.39 is 21.8 Å². The van der Waals surface area contributed by atoms with E-state index in [4.69, 9.17) is 23.2 Å². The third-order valence-corrected chi connectivity index (χ3v) is 7.38. The Hall–Kier alpha value is -1.67. The van der Waals surface area contributed by atoms with Gasteiger partial charge in [-0.3, -0.25) is 4.79 Å². The topological polar surface area (TPSA) is 66.5 Å². The first-order valence-corrected chi connectivity index (χ1v) is 11.4. The van der Waals surface area contributed by atoms with Crippen LogP contribution in [0.4, 0.5) is 4.39 Å². The molecule has 1 unspecified atom stereocenters. The van der Waals surface area contributed by atoms with Gasteiger partial charge in [-0.2, -0.15) is 4.31 Å². The number of halogens is 3. The first-order chi connectivity index (χ1) is 13.8. The van der Waals surface area contributed by atoms with Gasteiger partial charge in [0.05, 0.1) is 10.8 Å². The molecular weight excluding hydrogens is 438 g/mol. The van der Waals surface area contributed by atoms with Crippen LogP contribution in [0.2, 0.25) is 10.0 Å². The zero-order valence-electron chi connectivity index (χ0n) is 15.6. The van der Waals surface area contributed by atoms with Crippen molar-refractivity contribution in [3.8, 4) is 0 Å². The first kappa shape index (κ1) is 22.0. The number of carbonyl (C=O) groups excluding carboxylic acids is 1. The van der Waals surface area contributed by atoms with Crippen molar-refractivity contribution in [3.05, 3.63) is 63.9 Å². The lowest BCUT2D eigenvalue weighted by molar-refractivity contribution is -0.126. The van der Waals surface area contributed by atoms with E-state index in [2.05, 4.69) is 5.32 Å². The van der Waals surface area contributed by atoms with Crippen LogP contribution in [-0.4, -0.2) is 38.3 Å². The summed E-state index contributed by atoms with van der Waals surface area (Å²) in [6, 6.07) is 9.91. The predicted octanol–water partition coefficient (Wildman–Crippen LogP) is 3.89. The molecule has 0 saturated carbocycles. The monoisotopic (exact) mass is 458 g/mol. The smallest absolute Gasteiger partial charge is 0.243 e. The van der Waals surface area contributed by atoms with Crippen LogP contribution in [0, 0.1) is 11.7 Å². The van der Waals surface area contributed by atoms with E-state index in [1.165, 1.54) is 16.4 Å². The van der Waals surface area contributed by atoms with Gasteiger partial charge in [-0.25, -0.2) is 12.8 Å². The van der Waals surface area contributed by atoms with Gasteiger partial charge in [0, 0.05) is 29.7 Å². The standard InChI is InChI=1S/C20H21Cl2FN2O3S/c21-16-4-3-14(19(22)12-16)9-10-24-20(26)15-2-1-11-25(13-15)29(27,28)18-7-5-17(23)6-8-18/h3-8,12,15H,1-2,9-11,13H2,(H,24,26). The van der Waals surface area contributed by atoms with E-state index in [0.29, 0.717) is 42.4 Å². The fraction of sp³-hybridized carbons (Fsp3) is 0.350. The quantitative estimate of drug-likeness (QED) is 0.713. The first-order valence-electron chi connectivity index (χ1n) is 9.25. The maximum absolute atomic E-state index is 13.1. The third kappa shape index (κ3) is 5.48. The van der Waals surface area contributed by atoms with Crippen LogP contribution in [0.1, 0.15) is 18.4 Å². The van der Waals surface area contributed by atoms with Gasteiger partial charge in [-0.1, -0.05) is 29.3 Å². The summed E-state index contributed by atoms with van der Waals surface area (Å²) in [6.45, 7) is 0.832. The Labute approximate surface area is 179 Å². The summed E-state index contributed by atoms with van der Waals surface area (Å²) in [6.07, 6.45) is 1.75. The summed E-state index contributed by atoms with van der Waals surface area (Å²) in [5.41, 5.74) is 0.875. The second-order valence-corrected chi connectivity index (χ2v) is 9.71. The molecule has 3 rings (SSSR count). The number of sulfonamides is 1. The maximum atomic E-state index is 13.1. The summed E-state index contributed by atoms with van der Waals surface area (Å²) >= 11 is 12.0. The van der Waals surface area contributed by atoms with E-state index in [9.17, 15) is 17.6 Å². The highest BCUT2D eigenvalue weighted by Gasteiger charge is 2.33. The molecule has 0 bridgehead atoms. The maximum Gasteiger partial charge on any atom is 0.243 e. The van der Waals surface area contributed by atoms with E-state index in [1.54, 1.807) is 12.1 Å². The molecule has 0 aliphatic carbocycles. The summed E-state index contributed by atoms with van der Waals surface area (Å²) in [5.74, 6) is -1.12. The molecule has 0 spiro atoms. The molecule has 0 radical (unpaired) electrons. The van der Waals surface area contributed by atoms with Crippen molar-refractivity contribution in [1.82, 2.24) is 9.62 Å². The number of piperidine rings is 1. The highest BCUT2D eigenvalue weighted by molar-refractivity contribution is 7.89. The molecule has 0 aromatic heterocycles. The molecule has 1 fully saturated rings. The van der Waals surface area contributed by atoms with E-state index >= 15 is 0 Å². The number of carbonyl (C=O) groups is 1. The van der Waals surface area contributed by atoms with Crippen molar-refractivity contribution in [3.63, 3.8) is 0 Å². The highest BCUT2D eigenvalue weighted by atomic mass is 35.5. The predicted molar refractivity (Wildman–Crippen MR) is 111 cm³/mol. The van der Waals surface area contributed by atoms with Crippen LogP contribution in [-0.2, 0) is 21.2 Å². The summed E-state index contributed by atoms with van der Waals surface area (Å²) in [7, 11) is -3.76. The molecule has 1 N–H and O–H groups in total. The number of benzene rings is 2. The minimum atomic E-state index is -3.76. The Kier molecular flexibility index (Phi) is 7.16. The minimum Gasteiger partial charge on any atom is -0.355 e. The van der Waals surface area contributed by atoms with E-state index in [-0.39, 0.29) is 17.3 Å². The van der Waals surface area contributed by atoms with Gasteiger partial charge in [-0.15, -0.1) is 0 Å². The van der Waals surface area contributed by atoms with Crippen molar-refractivity contribution < 1.29 is 17.6 Å². The molecule has 156 valence electrons. The molecule has 1 aliphatic heterocycles. The summed E-state index contributed by atoms with van der Waals surface area (Å²) in [4.78, 5) is 12.6. The highest BCUT2D eigenvalue weighted by Crippen LogP contribution is 2.24. The van der Waals surface area contributed by atoms with Crippen molar-refractivity contribution >= 4 is 39.1 Å².